The fourth-order valence-corrected chi connectivity index (χ4v) is 3.04. The van der Waals surface area contributed by atoms with Gasteiger partial charge in [0.2, 0.25) is 0 Å². The third-order valence-corrected chi connectivity index (χ3v) is 4.42. The maximum absolute atomic E-state index is 12.8. The predicted octanol–water partition coefficient (Wildman–Crippen LogP) is 3.97. The Labute approximate surface area is 148 Å². The Hall–Kier alpha value is -2.66. The Bertz CT molecular complexity index is 880. The standard InChI is InChI=1S/C20H24N4O/c1-4-24(5-2)13-15-7-6-8-17(11-15)22-20(25)18-10-14(3)9-16-12-21-23-19(16)18/h6-12H,4-5,13H2,1-3H3,(H,21,23)(H,22,25). The summed E-state index contributed by atoms with van der Waals surface area (Å²) in [7, 11) is 0. The van der Waals surface area contributed by atoms with E-state index in [9.17, 15) is 4.79 Å². The summed E-state index contributed by atoms with van der Waals surface area (Å²) in [5, 5.41) is 10.9. The molecule has 0 bridgehead atoms. The molecule has 3 aromatic rings. The number of H-pyrrole nitrogens is 1. The first-order valence-corrected chi connectivity index (χ1v) is 8.67. The number of rotatable bonds is 6. The van der Waals surface area contributed by atoms with Crippen molar-refractivity contribution in [2.75, 3.05) is 18.4 Å². The first-order valence-electron chi connectivity index (χ1n) is 8.67. The van der Waals surface area contributed by atoms with E-state index in [0.717, 1.165) is 41.8 Å². The summed E-state index contributed by atoms with van der Waals surface area (Å²) >= 11 is 0. The number of hydrogen-bond donors (Lipinski definition) is 2. The summed E-state index contributed by atoms with van der Waals surface area (Å²) in [6, 6.07) is 11.9. The monoisotopic (exact) mass is 336 g/mol. The summed E-state index contributed by atoms with van der Waals surface area (Å²) < 4.78 is 0. The van der Waals surface area contributed by atoms with E-state index in [1.54, 1.807) is 6.20 Å². The van der Waals surface area contributed by atoms with E-state index in [1.165, 1.54) is 5.56 Å². The molecule has 0 spiro atoms. The molecule has 0 saturated heterocycles. The highest BCUT2D eigenvalue weighted by atomic mass is 16.1. The van der Waals surface area contributed by atoms with Crippen LogP contribution in [0, 0.1) is 6.92 Å². The molecule has 0 aliphatic heterocycles. The van der Waals surface area contributed by atoms with Crippen molar-refractivity contribution >= 4 is 22.5 Å². The molecule has 0 unspecified atom stereocenters. The van der Waals surface area contributed by atoms with Gasteiger partial charge in [-0.05, 0) is 55.4 Å². The van der Waals surface area contributed by atoms with Crippen LogP contribution in [0.5, 0.6) is 0 Å². The molecule has 2 N–H and O–H groups in total. The summed E-state index contributed by atoms with van der Waals surface area (Å²) in [6.45, 7) is 9.19. The molecule has 0 fully saturated rings. The zero-order chi connectivity index (χ0) is 17.8. The maximum atomic E-state index is 12.8. The van der Waals surface area contributed by atoms with Gasteiger partial charge >= 0.3 is 0 Å². The lowest BCUT2D eigenvalue weighted by Gasteiger charge is -2.18. The van der Waals surface area contributed by atoms with Gasteiger partial charge in [-0.25, -0.2) is 0 Å². The second-order valence-corrected chi connectivity index (χ2v) is 6.26. The molecule has 25 heavy (non-hydrogen) atoms. The van der Waals surface area contributed by atoms with Crippen LogP contribution in [0.25, 0.3) is 10.9 Å². The Morgan fingerprint density at radius 2 is 2.00 bits per heavy atom. The molecule has 0 atom stereocenters. The van der Waals surface area contributed by atoms with Crippen molar-refractivity contribution in [3.05, 3.63) is 59.3 Å². The topological polar surface area (TPSA) is 61.0 Å². The van der Waals surface area contributed by atoms with Gasteiger partial charge in [0.1, 0.15) is 0 Å². The number of hydrogen-bond acceptors (Lipinski definition) is 3. The molecular weight excluding hydrogens is 312 g/mol. The zero-order valence-corrected chi connectivity index (χ0v) is 15.0. The largest absolute Gasteiger partial charge is 0.322 e. The van der Waals surface area contributed by atoms with Gasteiger partial charge in [-0.3, -0.25) is 14.8 Å². The molecular formula is C20H24N4O. The predicted molar refractivity (Wildman–Crippen MR) is 102 cm³/mol. The van der Waals surface area contributed by atoms with E-state index in [-0.39, 0.29) is 5.91 Å². The number of aromatic amines is 1. The zero-order valence-electron chi connectivity index (χ0n) is 15.0. The van der Waals surface area contributed by atoms with Crippen LogP contribution in [0.3, 0.4) is 0 Å². The first-order chi connectivity index (χ1) is 12.1. The molecule has 1 amide bonds. The number of carbonyl (C=O) groups excluding carboxylic acids is 1. The summed E-state index contributed by atoms with van der Waals surface area (Å²) in [6.07, 6.45) is 1.74. The van der Waals surface area contributed by atoms with Gasteiger partial charge in [-0.1, -0.05) is 26.0 Å². The van der Waals surface area contributed by atoms with Crippen LogP contribution >= 0.6 is 0 Å². The molecule has 3 rings (SSSR count). The van der Waals surface area contributed by atoms with Crippen LogP contribution in [0.1, 0.15) is 35.3 Å². The Morgan fingerprint density at radius 1 is 1.20 bits per heavy atom. The molecule has 0 aliphatic carbocycles. The van der Waals surface area contributed by atoms with Crippen molar-refractivity contribution in [2.24, 2.45) is 0 Å². The highest BCUT2D eigenvalue weighted by molar-refractivity contribution is 6.12. The molecule has 1 heterocycles. The minimum Gasteiger partial charge on any atom is -0.322 e. The number of anilines is 1. The second-order valence-electron chi connectivity index (χ2n) is 6.26. The normalized spacial score (nSPS) is 11.2. The van der Waals surface area contributed by atoms with Crippen molar-refractivity contribution in [2.45, 2.75) is 27.3 Å². The Kier molecular flexibility index (Phi) is 5.14. The Morgan fingerprint density at radius 3 is 2.76 bits per heavy atom. The number of benzene rings is 2. The van der Waals surface area contributed by atoms with E-state index in [2.05, 4.69) is 40.3 Å². The Balaban J connectivity index is 1.82. The van der Waals surface area contributed by atoms with Gasteiger partial charge in [-0.2, -0.15) is 5.10 Å². The second kappa shape index (κ2) is 7.49. The van der Waals surface area contributed by atoms with Gasteiger partial charge in [0, 0.05) is 17.6 Å². The third kappa shape index (κ3) is 3.88. The minimum atomic E-state index is -0.127. The van der Waals surface area contributed by atoms with E-state index in [0.29, 0.717) is 5.56 Å². The quantitative estimate of drug-likeness (QED) is 0.716. The minimum absolute atomic E-state index is 0.127. The lowest BCUT2D eigenvalue weighted by molar-refractivity contribution is 0.102. The molecule has 1 aromatic heterocycles. The smallest absolute Gasteiger partial charge is 0.257 e. The molecule has 0 aliphatic rings. The van der Waals surface area contributed by atoms with Crippen LogP contribution in [-0.4, -0.2) is 34.1 Å². The van der Waals surface area contributed by atoms with Gasteiger partial charge in [0.15, 0.2) is 0 Å². The molecule has 0 saturated carbocycles. The van der Waals surface area contributed by atoms with Crippen LogP contribution < -0.4 is 5.32 Å². The van der Waals surface area contributed by atoms with Crippen molar-refractivity contribution in [3.8, 4) is 0 Å². The summed E-state index contributed by atoms with van der Waals surface area (Å²) in [4.78, 5) is 15.1. The lowest BCUT2D eigenvalue weighted by atomic mass is 10.1. The SMILES string of the molecule is CCN(CC)Cc1cccc(NC(=O)c2cc(C)cc3cn[nH]c23)c1. The number of aryl methyl sites for hydroxylation is 1. The number of aromatic nitrogens is 2. The van der Waals surface area contributed by atoms with E-state index < -0.39 is 0 Å². The average Bonchev–Trinajstić information content (AvgIpc) is 3.07. The van der Waals surface area contributed by atoms with Crippen LogP contribution in [0.15, 0.2) is 42.6 Å². The summed E-state index contributed by atoms with van der Waals surface area (Å²) in [5.74, 6) is -0.127. The van der Waals surface area contributed by atoms with Crippen molar-refractivity contribution in [3.63, 3.8) is 0 Å². The van der Waals surface area contributed by atoms with Crippen molar-refractivity contribution in [1.29, 1.82) is 0 Å². The molecule has 130 valence electrons. The van der Waals surface area contributed by atoms with Gasteiger partial charge in [0.25, 0.3) is 5.91 Å². The summed E-state index contributed by atoms with van der Waals surface area (Å²) in [5.41, 5.74) is 4.42. The maximum Gasteiger partial charge on any atom is 0.257 e. The van der Waals surface area contributed by atoms with Crippen molar-refractivity contribution < 1.29 is 4.79 Å². The highest BCUT2D eigenvalue weighted by Gasteiger charge is 2.13. The third-order valence-electron chi connectivity index (χ3n) is 4.42. The van der Waals surface area contributed by atoms with Gasteiger partial charge < -0.3 is 5.32 Å². The van der Waals surface area contributed by atoms with Gasteiger partial charge in [0.05, 0.1) is 17.3 Å². The number of nitrogens with zero attached hydrogens (tertiary/aromatic N) is 2. The molecule has 2 aromatic carbocycles. The van der Waals surface area contributed by atoms with Crippen LogP contribution in [0.4, 0.5) is 5.69 Å². The molecule has 0 radical (unpaired) electrons. The van der Waals surface area contributed by atoms with Crippen LogP contribution in [-0.2, 0) is 6.54 Å². The number of fused-ring (bicyclic) bond motifs is 1. The fraction of sp³-hybridized carbons (Fsp3) is 0.300. The van der Waals surface area contributed by atoms with E-state index in [1.807, 2.05) is 37.3 Å². The molecule has 5 heteroatoms. The van der Waals surface area contributed by atoms with E-state index in [4.69, 9.17) is 0 Å². The number of carbonyl (C=O) groups is 1. The lowest BCUT2D eigenvalue weighted by Crippen LogP contribution is -2.22. The number of amides is 1. The van der Waals surface area contributed by atoms with Crippen LogP contribution in [0.2, 0.25) is 0 Å². The van der Waals surface area contributed by atoms with Gasteiger partial charge in [-0.15, -0.1) is 0 Å². The first kappa shape index (κ1) is 17.2. The van der Waals surface area contributed by atoms with Crippen molar-refractivity contribution in [1.82, 2.24) is 15.1 Å². The molecule has 5 nitrogen and oxygen atoms in total. The van der Waals surface area contributed by atoms with E-state index >= 15 is 0 Å². The number of nitrogens with one attached hydrogen (secondary N) is 2. The fourth-order valence-electron chi connectivity index (χ4n) is 3.04. The highest BCUT2D eigenvalue weighted by Crippen LogP contribution is 2.20. The average molecular weight is 336 g/mol.